The predicted molar refractivity (Wildman–Crippen MR) is 96.4 cm³/mol. The van der Waals surface area contributed by atoms with E-state index >= 15 is 0 Å². The zero-order valence-corrected chi connectivity index (χ0v) is 14.8. The molecule has 146 valence electrons. The number of amides is 1. The number of ether oxygens (including phenoxy) is 2. The topological polar surface area (TPSA) is 122 Å². The highest BCUT2D eigenvalue weighted by Crippen LogP contribution is 2.26. The molecular formula is C20H19NO7. The van der Waals surface area contributed by atoms with Crippen LogP contribution in [0, 0.1) is 0 Å². The number of aliphatic hydroxyl groups excluding tert-OH is 2. The van der Waals surface area contributed by atoms with Crippen molar-refractivity contribution in [2.75, 3.05) is 6.54 Å². The van der Waals surface area contributed by atoms with E-state index in [4.69, 9.17) is 4.74 Å². The molecule has 2 unspecified atom stereocenters. The molecule has 2 aromatic carbocycles. The summed E-state index contributed by atoms with van der Waals surface area (Å²) in [6.07, 6.45) is -3.07. The number of benzene rings is 2. The van der Waals surface area contributed by atoms with E-state index in [1.54, 1.807) is 0 Å². The van der Waals surface area contributed by atoms with Crippen LogP contribution in [0.4, 0.5) is 4.79 Å². The Balaban J connectivity index is 1.46. The Hall–Kier alpha value is -3.23. The molecule has 1 aliphatic rings. The first-order valence-electron chi connectivity index (χ1n) is 8.67. The molecule has 0 saturated heterocycles. The highest BCUT2D eigenvalue weighted by Gasteiger charge is 2.31. The highest BCUT2D eigenvalue weighted by atomic mass is 16.6. The molecular weight excluding hydrogens is 366 g/mol. The van der Waals surface area contributed by atoms with Gasteiger partial charge in [-0.1, -0.05) is 36.4 Å². The lowest BCUT2D eigenvalue weighted by molar-refractivity contribution is 0.0136. The van der Waals surface area contributed by atoms with Gasteiger partial charge in [0.25, 0.3) is 0 Å². The van der Waals surface area contributed by atoms with Gasteiger partial charge in [-0.3, -0.25) is 0 Å². The molecule has 1 aliphatic heterocycles. The molecule has 0 fully saturated rings. The monoisotopic (exact) mass is 385 g/mol. The van der Waals surface area contributed by atoms with Crippen molar-refractivity contribution < 1.29 is 34.1 Å². The number of rotatable bonds is 7. The van der Waals surface area contributed by atoms with Gasteiger partial charge in [0.15, 0.2) is 0 Å². The quantitative estimate of drug-likeness (QED) is 0.490. The fourth-order valence-electron chi connectivity index (χ4n) is 2.76. The Kier molecular flexibility index (Phi) is 6.03. The number of carbonyl (C=O) groups is 3. The number of fused-ring (bicyclic) bond motifs is 1. The Morgan fingerprint density at radius 1 is 1.04 bits per heavy atom. The number of nitrogens with one attached hydrogen (secondary N) is 1. The maximum absolute atomic E-state index is 11.7. The lowest BCUT2D eigenvalue weighted by Gasteiger charge is -2.18. The third-order valence-electron chi connectivity index (χ3n) is 4.30. The van der Waals surface area contributed by atoms with Crippen LogP contribution in [0.2, 0.25) is 0 Å². The summed E-state index contributed by atoms with van der Waals surface area (Å²) >= 11 is 0. The zero-order valence-electron chi connectivity index (χ0n) is 14.8. The smallest absolute Gasteiger partial charge is 0.407 e. The van der Waals surface area contributed by atoms with Gasteiger partial charge in [0.05, 0.1) is 17.2 Å². The molecule has 0 aromatic heterocycles. The lowest BCUT2D eigenvalue weighted by atomic mass is 9.98. The molecule has 3 N–H and O–H groups in total. The van der Waals surface area contributed by atoms with Crippen LogP contribution in [0.25, 0.3) is 0 Å². The van der Waals surface area contributed by atoms with Gasteiger partial charge in [-0.05, 0) is 29.7 Å². The van der Waals surface area contributed by atoms with E-state index in [1.807, 2.05) is 30.3 Å². The van der Waals surface area contributed by atoms with Gasteiger partial charge in [-0.25, -0.2) is 14.4 Å². The fourth-order valence-corrected chi connectivity index (χ4v) is 2.76. The van der Waals surface area contributed by atoms with E-state index in [1.165, 1.54) is 18.2 Å². The SMILES string of the molecule is O=C(NCCC(O)C(O)c1ccc2c(c1)C(=O)OC2=O)OCc1ccccc1. The minimum Gasteiger partial charge on any atom is -0.445 e. The molecule has 8 nitrogen and oxygen atoms in total. The maximum atomic E-state index is 11.7. The van der Waals surface area contributed by atoms with E-state index in [2.05, 4.69) is 10.1 Å². The molecule has 0 saturated carbocycles. The molecule has 2 atom stereocenters. The van der Waals surface area contributed by atoms with Crippen molar-refractivity contribution in [3.63, 3.8) is 0 Å². The van der Waals surface area contributed by atoms with E-state index in [0.29, 0.717) is 0 Å². The number of carbonyl (C=O) groups excluding carboxylic acids is 3. The summed E-state index contributed by atoms with van der Waals surface area (Å²) in [6.45, 7) is 0.207. The van der Waals surface area contributed by atoms with E-state index in [0.717, 1.165) is 5.56 Å². The van der Waals surface area contributed by atoms with E-state index in [9.17, 15) is 24.6 Å². The minimum atomic E-state index is -1.30. The average molecular weight is 385 g/mol. The van der Waals surface area contributed by atoms with Crippen LogP contribution < -0.4 is 5.32 Å². The largest absolute Gasteiger partial charge is 0.445 e. The predicted octanol–water partition coefficient (Wildman–Crippen LogP) is 1.71. The molecule has 0 spiro atoms. The highest BCUT2D eigenvalue weighted by molar-refractivity contribution is 6.14. The molecule has 3 rings (SSSR count). The molecule has 28 heavy (non-hydrogen) atoms. The molecule has 1 heterocycles. The number of hydrogen-bond donors (Lipinski definition) is 3. The number of esters is 2. The minimum absolute atomic E-state index is 0.0522. The number of aliphatic hydroxyl groups is 2. The van der Waals surface area contributed by atoms with Crippen LogP contribution in [-0.4, -0.2) is 40.9 Å². The Labute approximate surface area is 160 Å². The second kappa shape index (κ2) is 8.64. The van der Waals surface area contributed by atoms with Crippen molar-refractivity contribution in [1.29, 1.82) is 0 Å². The van der Waals surface area contributed by atoms with E-state index in [-0.39, 0.29) is 36.3 Å². The summed E-state index contributed by atoms with van der Waals surface area (Å²) in [5, 5.41) is 22.9. The second-order valence-electron chi connectivity index (χ2n) is 6.27. The summed E-state index contributed by atoms with van der Waals surface area (Å²) in [5.74, 6) is -1.52. The summed E-state index contributed by atoms with van der Waals surface area (Å²) in [6, 6.07) is 13.3. The standard InChI is InChI=1S/C20H19NO7/c22-16(8-9-21-20(26)27-11-12-4-2-1-3-5-12)17(23)13-6-7-14-15(10-13)19(25)28-18(14)24/h1-7,10,16-17,22-23H,8-9,11H2,(H,21,26). The fraction of sp³-hybridized carbons (Fsp3) is 0.250. The van der Waals surface area contributed by atoms with Gasteiger partial charge in [0.2, 0.25) is 0 Å². The Bertz CT molecular complexity index is 881. The molecule has 2 aromatic rings. The van der Waals surface area contributed by atoms with Gasteiger partial charge in [0.1, 0.15) is 12.7 Å². The van der Waals surface area contributed by atoms with Crippen molar-refractivity contribution >= 4 is 18.0 Å². The van der Waals surface area contributed by atoms with Crippen molar-refractivity contribution in [2.45, 2.75) is 25.2 Å². The van der Waals surface area contributed by atoms with Crippen LogP contribution in [0.3, 0.4) is 0 Å². The summed E-state index contributed by atoms with van der Waals surface area (Å²) in [4.78, 5) is 34.7. The van der Waals surface area contributed by atoms with E-state index < -0.39 is 30.2 Å². The molecule has 0 radical (unpaired) electrons. The number of hydrogen-bond acceptors (Lipinski definition) is 7. The third-order valence-corrected chi connectivity index (χ3v) is 4.30. The molecule has 0 aliphatic carbocycles. The number of alkyl carbamates (subject to hydrolysis) is 1. The van der Waals surface area contributed by atoms with Crippen LogP contribution in [0.1, 0.15) is 44.4 Å². The molecule has 8 heteroatoms. The van der Waals surface area contributed by atoms with Gasteiger partial charge < -0.3 is 25.0 Å². The average Bonchev–Trinajstić information content (AvgIpc) is 2.99. The van der Waals surface area contributed by atoms with Crippen LogP contribution in [0.15, 0.2) is 48.5 Å². The zero-order chi connectivity index (χ0) is 20.1. The van der Waals surface area contributed by atoms with Crippen LogP contribution in [-0.2, 0) is 16.1 Å². The number of cyclic esters (lactones) is 2. The third kappa shape index (κ3) is 4.54. The summed E-state index contributed by atoms with van der Waals surface area (Å²) < 4.78 is 9.54. The Morgan fingerprint density at radius 3 is 2.50 bits per heavy atom. The maximum Gasteiger partial charge on any atom is 0.407 e. The molecule has 1 amide bonds. The van der Waals surface area contributed by atoms with Crippen LogP contribution in [0.5, 0.6) is 0 Å². The lowest BCUT2D eigenvalue weighted by Crippen LogP contribution is -2.29. The first-order valence-corrected chi connectivity index (χ1v) is 8.67. The van der Waals surface area contributed by atoms with Gasteiger partial charge >= 0.3 is 18.0 Å². The van der Waals surface area contributed by atoms with Crippen molar-refractivity contribution in [2.24, 2.45) is 0 Å². The van der Waals surface area contributed by atoms with Crippen molar-refractivity contribution in [3.8, 4) is 0 Å². The molecule has 0 bridgehead atoms. The summed E-state index contributed by atoms with van der Waals surface area (Å²) in [7, 11) is 0. The summed E-state index contributed by atoms with van der Waals surface area (Å²) in [5.41, 5.74) is 1.29. The van der Waals surface area contributed by atoms with Gasteiger partial charge in [0, 0.05) is 6.54 Å². The van der Waals surface area contributed by atoms with Crippen molar-refractivity contribution in [1.82, 2.24) is 5.32 Å². The van der Waals surface area contributed by atoms with Crippen molar-refractivity contribution in [3.05, 3.63) is 70.8 Å². The first-order chi connectivity index (χ1) is 13.5. The van der Waals surface area contributed by atoms with Crippen LogP contribution >= 0.6 is 0 Å². The normalized spacial score (nSPS) is 14.8. The Morgan fingerprint density at radius 2 is 1.75 bits per heavy atom. The van der Waals surface area contributed by atoms with Gasteiger partial charge in [-0.15, -0.1) is 0 Å². The van der Waals surface area contributed by atoms with Gasteiger partial charge in [-0.2, -0.15) is 0 Å². The second-order valence-corrected chi connectivity index (χ2v) is 6.27. The first kappa shape index (κ1) is 19.5.